The first-order chi connectivity index (χ1) is 14.0. The van der Waals surface area contributed by atoms with E-state index in [-0.39, 0.29) is 25.4 Å². The molecule has 0 bridgehead atoms. The summed E-state index contributed by atoms with van der Waals surface area (Å²) in [5.74, 6) is -0.140. The monoisotopic (exact) mass is 395 g/mol. The number of nitriles is 1. The van der Waals surface area contributed by atoms with Crippen LogP contribution in [0.4, 0.5) is 10.1 Å². The van der Waals surface area contributed by atoms with E-state index in [1.165, 1.54) is 4.90 Å². The second kappa shape index (κ2) is 8.34. The van der Waals surface area contributed by atoms with Crippen molar-refractivity contribution in [1.29, 1.82) is 5.26 Å². The molecule has 3 heterocycles. The molecule has 1 unspecified atom stereocenters. The number of hydrogen-bond donors (Lipinski definition) is 1. The molecule has 2 saturated heterocycles. The van der Waals surface area contributed by atoms with Gasteiger partial charge in [-0.15, -0.1) is 0 Å². The number of aromatic nitrogens is 1. The van der Waals surface area contributed by atoms with Crippen molar-refractivity contribution in [3.8, 4) is 6.07 Å². The molecule has 0 aliphatic carbocycles. The molecule has 2 aliphatic heterocycles. The second-order valence-electron chi connectivity index (χ2n) is 8.05. The molecule has 2 aliphatic rings. The van der Waals surface area contributed by atoms with Gasteiger partial charge in [0.2, 0.25) is 5.91 Å². The number of amides is 1. The number of carbonyl (C=O) groups is 1. The lowest BCUT2D eigenvalue weighted by atomic mass is 10.0. The Kier molecular flexibility index (Phi) is 5.63. The topological polar surface area (TPSA) is 72.3 Å². The predicted octanol–water partition coefficient (Wildman–Crippen LogP) is 2.88. The van der Waals surface area contributed by atoms with Crippen molar-refractivity contribution in [2.24, 2.45) is 0 Å². The number of anilines is 1. The van der Waals surface area contributed by atoms with Crippen LogP contribution in [-0.4, -0.2) is 65.1 Å². The van der Waals surface area contributed by atoms with Gasteiger partial charge in [-0.1, -0.05) is 18.2 Å². The van der Waals surface area contributed by atoms with Gasteiger partial charge in [0.05, 0.1) is 24.7 Å². The molecule has 2 atom stereocenters. The molecular weight excluding hydrogens is 369 g/mol. The Labute approximate surface area is 170 Å². The maximum absolute atomic E-state index is 13.6. The summed E-state index contributed by atoms with van der Waals surface area (Å²) < 4.78 is 13.6. The molecule has 2 aromatic rings. The van der Waals surface area contributed by atoms with E-state index in [0.29, 0.717) is 6.04 Å². The Morgan fingerprint density at radius 2 is 2.14 bits per heavy atom. The quantitative estimate of drug-likeness (QED) is 0.862. The summed E-state index contributed by atoms with van der Waals surface area (Å²) in [6.45, 7) is 3.97. The molecule has 0 saturated carbocycles. The average molecular weight is 395 g/mol. The first-order valence-electron chi connectivity index (χ1n) is 10.2. The largest absolute Gasteiger partial charge is 0.382 e. The first-order valence-corrected chi connectivity index (χ1v) is 10.2. The number of carbonyl (C=O) groups excluding carboxylic acids is 1. The first kappa shape index (κ1) is 19.6. The summed E-state index contributed by atoms with van der Waals surface area (Å²) in [6, 6.07) is 9.98. The SMILES string of the molecule is Cc1cccc2c(NC3CCN(CC(=O)N4C[C@@H](F)CC4C#N)CC3)ccnc12. The zero-order valence-electron chi connectivity index (χ0n) is 16.6. The third-order valence-corrected chi connectivity index (χ3v) is 6.00. The van der Waals surface area contributed by atoms with E-state index in [1.807, 2.05) is 24.4 Å². The van der Waals surface area contributed by atoms with Crippen LogP contribution >= 0.6 is 0 Å². The highest BCUT2D eigenvalue weighted by Crippen LogP contribution is 2.26. The molecule has 2 fully saturated rings. The fourth-order valence-corrected chi connectivity index (χ4v) is 4.37. The Morgan fingerprint density at radius 3 is 2.90 bits per heavy atom. The van der Waals surface area contributed by atoms with E-state index >= 15 is 0 Å². The van der Waals surface area contributed by atoms with Crippen molar-refractivity contribution in [3.63, 3.8) is 0 Å². The molecule has 0 radical (unpaired) electrons. The van der Waals surface area contributed by atoms with Crippen LogP contribution in [0.25, 0.3) is 10.9 Å². The van der Waals surface area contributed by atoms with E-state index in [2.05, 4.69) is 34.3 Å². The molecule has 4 rings (SSSR count). The minimum atomic E-state index is -1.09. The average Bonchev–Trinajstić information content (AvgIpc) is 3.11. The normalized spacial score (nSPS) is 23.3. The van der Waals surface area contributed by atoms with Gasteiger partial charge in [0, 0.05) is 42.8 Å². The van der Waals surface area contributed by atoms with Crippen LogP contribution in [0.15, 0.2) is 30.5 Å². The summed E-state index contributed by atoms with van der Waals surface area (Å²) in [5.41, 5.74) is 3.27. The second-order valence-corrected chi connectivity index (χ2v) is 8.05. The number of piperidine rings is 1. The van der Waals surface area contributed by atoms with Crippen molar-refractivity contribution < 1.29 is 9.18 Å². The van der Waals surface area contributed by atoms with Gasteiger partial charge in [-0.2, -0.15) is 5.26 Å². The van der Waals surface area contributed by atoms with Crippen LogP contribution < -0.4 is 5.32 Å². The number of nitrogens with zero attached hydrogens (tertiary/aromatic N) is 4. The number of nitrogens with one attached hydrogen (secondary N) is 1. The van der Waals surface area contributed by atoms with Crippen LogP contribution in [-0.2, 0) is 4.79 Å². The summed E-state index contributed by atoms with van der Waals surface area (Å²) in [5, 5.41) is 13.9. The maximum Gasteiger partial charge on any atom is 0.237 e. The molecule has 6 nitrogen and oxygen atoms in total. The van der Waals surface area contributed by atoms with Crippen molar-refractivity contribution in [1.82, 2.24) is 14.8 Å². The number of pyridine rings is 1. The van der Waals surface area contributed by atoms with Crippen LogP contribution in [0.3, 0.4) is 0 Å². The number of hydrogen-bond acceptors (Lipinski definition) is 5. The fraction of sp³-hybridized carbons (Fsp3) is 0.500. The molecule has 152 valence electrons. The lowest BCUT2D eigenvalue weighted by Crippen LogP contribution is -2.46. The lowest BCUT2D eigenvalue weighted by molar-refractivity contribution is -0.132. The summed E-state index contributed by atoms with van der Waals surface area (Å²) in [6.07, 6.45) is 2.74. The zero-order valence-corrected chi connectivity index (χ0v) is 16.6. The molecule has 1 amide bonds. The van der Waals surface area contributed by atoms with Gasteiger partial charge in [0.15, 0.2) is 0 Å². The van der Waals surface area contributed by atoms with Gasteiger partial charge in [-0.3, -0.25) is 14.7 Å². The Hall–Kier alpha value is -2.72. The minimum absolute atomic E-state index is 0.0453. The fourth-order valence-electron chi connectivity index (χ4n) is 4.37. The van der Waals surface area contributed by atoms with Crippen LogP contribution in [0.2, 0.25) is 0 Å². The molecule has 1 aromatic carbocycles. The molecule has 1 N–H and O–H groups in total. The van der Waals surface area contributed by atoms with Gasteiger partial charge in [-0.25, -0.2) is 4.39 Å². The Bertz CT molecular complexity index is 934. The van der Waals surface area contributed by atoms with Crippen molar-refractivity contribution in [3.05, 3.63) is 36.0 Å². The maximum atomic E-state index is 13.6. The van der Waals surface area contributed by atoms with Gasteiger partial charge in [-0.05, 0) is 31.4 Å². The predicted molar refractivity (Wildman–Crippen MR) is 110 cm³/mol. The standard InChI is InChI=1S/C22H26FN5O/c1-15-3-2-4-19-20(5-8-25-22(15)19)26-17-6-9-27(10-7-17)14-21(29)28-13-16(23)11-18(28)12-24/h2-5,8,16-18H,6-7,9-11,13-14H2,1H3,(H,25,26)/t16-,18?/m0/s1. The number of fused-ring (bicyclic) bond motifs is 1. The van der Waals surface area contributed by atoms with E-state index in [0.717, 1.165) is 48.1 Å². The number of rotatable bonds is 4. The third-order valence-electron chi connectivity index (χ3n) is 6.00. The van der Waals surface area contributed by atoms with E-state index in [1.54, 1.807) is 0 Å². The number of likely N-dealkylation sites (tertiary alicyclic amines) is 2. The molecular formula is C22H26FN5O. The lowest BCUT2D eigenvalue weighted by Gasteiger charge is -2.33. The highest BCUT2D eigenvalue weighted by molar-refractivity contribution is 5.92. The number of aryl methyl sites for hydroxylation is 1. The van der Waals surface area contributed by atoms with Crippen LogP contribution in [0.5, 0.6) is 0 Å². The van der Waals surface area contributed by atoms with Gasteiger partial charge in [0.1, 0.15) is 12.2 Å². The number of halogens is 1. The van der Waals surface area contributed by atoms with Crippen molar-refractivity contribution in [2.75, 3.05) is 31.5 Å². The summed E-state index contributed by atoms with van der Waals surface area (Å²) >= 11 is 0. The molecule has 0 spiro atoms. The summed E-state index contributed by atoms with van der Waals surface area (Å²) in [4.78, 5) is 20.5. The van der Waals surface area contributed by atoms with Crippen LogP contribution in [0.1, 0.15) is 24.8 Å². The van der Waals surface area contributed by atoms with E-state index in [4.69, 9.17) is 5.26 Å². The van der Waals surface area contributed by atoms with Gasteiger partial charge in [0.25, 0.3) is 0 Å². The number of alkyl halides is 1. The number of para-hydroxylation sites is 1. The van der Waals surface area contributed by atoms with Crippen molar-refractivity contribution in [2.45, 2.75) is 44.4 Å². The van der Waals surface area contributed by atoms with Crippen molar-refractivity contribution >= 4 is 22.5 Å². The zero-order chi connectivity index (χ0) is 20.4. The smallest absolute Gasteiger partial charge is 0.237 e. The minimum Gasteiger partial charge on any atom is -0.382 e. The third kappa shape index (κ3) is 4.18. The van der Waals surface area contributed by atoms with Gasteiger partial charge >= 0.3 is 0 Å². The highest BCUT2D eigenvalue weighted by atomic mass is 19.1. The van der Waals surface area contributed by atoms with Gasteiger partial charge < -0.3 is 10.2 Å². The molecule has 1 aromatic heterocycles. The van der Waals surface area contributed by atoms with E-state index < -0.39 is 12.2 Å². The molecule has 7 heteroatoms. The van der Waals surface area contributed by atoms with Crippen LogP contribution in [0, 0.1) is 18.3 Å². The molecule has 29 heavy (non-hydrogen) atoms. The van der Waals surface area contributed by atoms with E-state index in [9.17, 15) is 9.18 Å². The highest BCUT2D eigenvalue weighted by Gasteiger charge is 2.36. The Balaban J connectivity index is 1.33. The Morgan fingerprint density at radius 1 is 1.34 bits per heavy atom. The number of benzene rings is 1. The summed E-state index contributed by atoms with van der Waals surface area (Å²) in [7, 11) is 0.